The van der Waals surface area contributed by atoms with Crippen molar-refractivity contribution in [3.05, 3.63) is 34.3 Å². The number of ether oxygens (including phenoxy) is 1. The molecule has 0 saturated carbocycles. The van der Waals surface area contributed by atoms with Crippen molar-refractivity contribution in [1.29, 1.82) is 0 Å². The molecule has 2 rings (SSSR count). The highest BCUT2D eigenvalue weighted by atomic mass is 79.9. The minimum atomic E-state index is -0.319. The van der Waals surface area contributed by atoms with Crippen LogP contribution in [0.1, 0.15) is 5.56 Å². The standard InChI is InChI=1S/C12H10BrNO3/c1-14-11(15)9(10(13)12(14)16)7-3-5-8(17-2)6-4-7/h3-6H,1-2H3. The van der Waals surface area contributed by atoms with Crippen LogP contribution in [0.2, 0.25) is 0 Å². The van der Waals surface area contributed by atoms with Crippen molar-refractivity contribution < 1.29 is 14.3 Å². The molecule has 1 aromatic rings. The zero-order valence-corrected chi connectivity index (χ0v) is 10.9. The van der Waals surface area contributed by atoms with Crippen molar-refractivity contribution in [2.24, 2.45) is 0 Å². The number of nitrogens with zero attached hydrogens (tertiary/aromatic N) is 1. The van der Waals surface area contributed by atoms with Gasteiger partial charge in [-0.1, -0.05) is 12.1 Å². The van der Waals surface area contributed by atoms with Crippen LogP contribution in [0.25, 0.3) is 5.57 Å². The van der Waals surface area contributed by atoms with Gasteiger partial charge in [0.05, 0.1) is 17.2 Å². The average Bonchev–Trinajstić information content (AvgIpc) is 2.54. The van der Waals surface area contributed by atoms with Crippen LogP contribution in [0.4, 0.5) is 0 Å². The molecule has 0 aromatic heterocycles. The van der Waals surface area contributed by atoms with Crippen LogP contribution in [-0.4, -0.2) is 30.9 Å². The molecular formula is C12H10BrNO3. The van der Waals surface area contributed by atoms with E-state index in [1.165, 1.54) is 7.05 Å². The number of likely N-dealkylation sites (N-methyl/N-ethyl adjacent to an activating group) is 1. The van der Waals surface area contributed by atoms with Gasteiger partial charge in [0.2, 0.25) is 0 Å². The first kappa shape index (κ1) is 11.9. The monoisotopic (exact) mass is 295 g/mol. The number of carbonyl (C=O) groups is 2. The lowest BCUT2D eigenvalue weighted by molar-refractivity contribution is -0.134. The van der Waals surface area contributed by atoms with E-state index in [2.05, 4.69) is 15.9 Å². The minimum Gasteiger partial charge on any atom is -0.497 e. The number of hydrogen-bond acceptors (Lipinski definition) is 3. The fourth-order valence-electron chi connectivity index (χ4n) is 1.62. The van der Waals surface area contributed by atoms with Gasteiger partial charge in [-0.2, -0.15) is 0 Å². The molecule has 0 unspecified atom stereocenters. The summed E-state index contributed by atoms with van der Waals surface area (Å²) in [6.07, 6.45) is 0. The summed E-state index contributed by atoms with van der Waals surface area (Å²) >= 11 is 3.16. The summed E-state index contributed by atoms with van der Waals surface area (Å²) in [5.74, 6) is 0.0865. The average molecular weight is 296 g/mol. The molecule has 5 heteroatoms. The summed E-state index contributed by atoms with van der Waals surface area (Å²) in [5.41, 5.74) is 1.08. The van der Waals surface area contributed by atoms with Crippen LogP contribution < -0.4 is 4.74 Å². The maximum Gasteiger partial charge on any atom is 0.268 e. The predicted molar refractivity (Wildman–Crippen MR) is 66.6 cm³/mol. The Labute approximate surface area is 107 Å². The lowest BCUT2D eigenvalue weighted by atomic mass is 10.1. The molecule has 0 N–H and O–H groups in total. The molecule has 0 aliphatic carbocycles. The van der Waals surface area contributed by atoms with Gasteiger partial charge >= 0.3 is 0 Å². The summed E-state index contributed by atoms with van der Waals surface area (Å²) in [6, 6.07) is 7.00. The number of benzene rings is 1. The Kier molecular flexibility index (Phi) is 3.02. The predicted octanol–water partition coefficient (Wildman–Crippen LogP) is 1.80. The Morgan fingerprint density at radius 3 is 2.12 bits per heavy atom. The molecule has 1 aromatic carbocycles. The molecule has 88 valence electrons. The summed E-state index contributed by atoms with van der Waals surface area (Å²) in [5, 5.41) is 0. The van der Waals surface area contributed by atoms with E-state index in [1.54, 1.807) is 31.4 Å². The van der Waals surface area contributed by atoms with Crippen LogP contribution in [0.15, 0.2) is 28.7 Å². The van der Waals surface area contributed by atoms with Crippen LogP contribution in [-0.2, 0) is 9.59 Å². The van der Waals surface area contributed by atoms with E-state index in [0.717, 1.165) is 4.90 Å². The third kappa shape index (κ3) is 1.86. The lowest BCUT2D eigenvalue weighted by Crippen LogP contribution is -2.26. The molecule has 4 nitrogen and oxygen atoms in total. The third-order valence-corrected chi connectivity index (χ3v) is 3.34. The lowest BCUT2D eigenvalue weighted by Gasteiger charge is -2.07. The zero-order valence-electron chi connectivity index (χ0n) is 9.36. The Morgan fingerprint density at radius 2 is 1.71 bits per heavy atom. The summed E-state index contributed by atoms with van der Waals surface area (Å²) < 4.78 is 5.34. The molecule has 1 aliphatic rings. The van der Waals surface area contributed by atoms with Gasteiger partial charge in [-0.25, -0.2) is 0 Å². The third-order valence-electron chi connectivity index (χ3n) is 2.61. The van der Waals surface area contributed by atoms with E-state index in [9.17, 15) is 9.59 Å². The molecule has 1 aliphatic heterocycles. The van der Waals surface area contributed by atoms with Crippen LogP contribution in [0.3, 0.4) is 0 Å². The number of amides is 2. The summed E-state index contributed by atoms with van der Waals surface area (Å²) in [6.45, 7) is 0. The minimum absolute atomic E-state index is 0.299. The van der Waals surface area contributed by atoms with Gasteiger partial charge in [-0.3, -0.25) is 14.5 Å². The Hall–Kier alpha value is -1.62. The fourth-order valence-corrected chi connectivity index (χ4v) is 2.28. The zero-order chi connectivity index (χ0) is 12.6. The number of methoxy groups -OCH3 is 1. The topological polar surface area (TPSA) is 46.6 Å². The number of carbonyl (C=O) groups excluding carboxylic acids is 2. The maximum atomic E-state index is 11.9. The van der Waals surface area contributed by atoms with Gasteiger partial charge in [-0.15, -0.1) is 0 Å². The molecule has 17 heavy (non-hydrogen) atoms. The van der Waals surface area contributed by atoms with Crippen LogP contribution in [0, 0.1) is 0 Å². The highest BCUT2D eigenvalue weighted by Crippen LogP contribution is 2.32. The van der Waals surface area contributed by atoms with Crippen molar-refractivity contribution in [2.75, 3.05) is 14.2 Å². The number of imide groups is 1. The first-order chi connectivity index (χ1) is 8.06. The number of hydrogen-bond donors (Lipinski definition) is 0. The van der Waals surface area contributed by atoms with Gasteiger partial charge in [-0.05, 0) is 33.6 Å². The second kappa shape index (κ2) is 4.33. The van der Waals surface area contributed by atoms with E-state index in [4.69, 9.17) is 4.74 Å². The molecule has 1 heterocycles. The van der Waals surface area contributed by atoms with Gasteiger partial charge in [0.15, 0.2) is 0 Å². The molecule has 0 bridgehead atoms. The number of rotatable bonds is 2. The molecule has 0 radical (unpaired) electrons. The molecular weight excluding hydrogens is 286 g/mol. The van der Waals surface area contributed by atoms with Crippen molar-refractivity contribution in [1.82, 2.24) is 4.90 Å². The van der Waals surface area contributed by atoms with Gasteiger partial charge < -0.3 is 4.74 Å². The highest BCUT2D eigenvalue weighted by Gasteiger charge is 2.34. The second-order valence-electron chi connectivity index (χ2n) is 3.59. The fraction of sp³-hybridized carbons (Fsp3) is 0.167. The second-order valence-corrected chi connectivity index (χ2v) is 4.38. The first-order valence-electron chi connectivity index (χ1n) is 4.93. The van der Waals surface area contributed by atoms with E-state index < -0.39 is 0 Å². The normalized spacial score (nSPS) is 15.8. The van der Waals surface area contributed by atoms with Crippen molar-refractivity contribution in [2.45, 2.75) is 0 Å². The largest absolute Gasteiger partial charge is 0.497 e. The van der Waals surface area contributed by atoms with E-state index >= 15 is 0 Å². The van der Waals surface area contributed by atoms with Gasteiger partial charge in [0.1, 0.15) is 5.75 Å². The van der Waals surface area contributed by atoms with Crippen molar-refractivity contribution in [3.8, 4) is 5.75 Å². The quantitative estimate of drug-likeness (QED) is 0.782. The van der Waals surface area contributed by atoms with Crippen molar-refractivity contribution >= 4 is 33.3 Å². The van der Waals surface area contributed by atoms with E-state index in [1.807, 2.05) is 0 Å². The molecule has 0 saturated heterocycles. The van der Waals surface area contributed by atoms with Gasteiger partial charge in [0, 0.05) is 7.05 Å². The van der Waals surface area contributed by atoms with E-state index in [0.29, 0.717) is 21.4 Å². The molecule has 2 amide bonds. The molecule has 0 spiro atoms. The van der Waals surface area contributed by atoms with E-state index in [-0.39, 0.29) is 11.8 Å². The summed E-state index contributed by atoms with van der Waals surface area (Å²) in [7, 11) is 3.03. The van der Waals surface area contributed by atoms with Gasteiger partial charge in [0.25, 0.3) is 11.8 Å². The smallest absolute Gasteiger partial charge is 0.268 e. The molecule has 0 atom stereocenters. The first-order valence-corrected chi connectivity index (χ1v) is 5.72. The Bertz CT molecular complexity index is 519. The number of halogens is 1. The SMILES string of the molecule is COc1ccc(C2=C(Br)C(=O)N(C)C2=O)cc1. The summed E-state index contributed by atoms with van der Waals surface area (Å²) in [4.78, 5) is 24.6. The molecule has 0 fully saturated rings. The maximum absolute atomic E-state index is 11.9. The van der Waals surface area contributed by atoms with Crippen LogP contribution in [0.5, 0.6) is 5.75 Å². The van der Waals surface area contributed by atoms with Crippen molar-refractivity contribution in [3.63, 3.8) is 0 Å². The Morgan fingerprint density at radius 1 is 1.12 bits per heavy atom. The van der Waals surface area contributed by atoms with Crippen LogP contribution >= 0.6 is 15.9 Å². The Balaban J connectivity index is 2.46. The highest BCUT2D eigenvalue weighted by molar-refractivity contribution is 9.12.